The second kappa shape index (κ2) is 6.36. The Bertz CT molecular complexity index is 331. The molecule has 102 valence electrons. The predicted molar refractivity (Wildman–Crippen MR) is 73.4 cm³/mol. The van der Waals surface area contributed by atoms with Gasteiger partial charge in [-0.2, -0.15) is 0 Å². The maximum absolute atomic E-state index is 5.91. The zero-order valence-electron chi connectivity index (χ0n) is 11.5. The molecule has 0 aliphatic carbocycles. The highest BCUT2D eigenvalue weighted by Crippen LogP contribution is 2.25. The largest absolute Gasteiger partial charge is 0.468 e. The number of rotatable bonds is 5. The van der Waals surface area contributed by atoms with Crippen LogP contribution in [0, 0.1) is 0 Å². The Morgan fingerprint density at radius 3 is 2.72 bits per heavy atom. The van der Waals surface area contributed by atoms with Crippen LogP contribution >= 0.6 is 0 Å². The summed E-state index contributed by atoms with van der Waals surface area (Å²) in [5, 5.41) is 0. The zero-order chi connectivity index (χ0) is 13.0. The normalized spacial score (nSPS) is 20.4. The van der Waals surface area contributed by atoms with Gasteiger partial charge in [-0.3, -0.25) is 4.90 Å². The number of hydrogen-bond acceptors (Lipinski definition) is 4. The SMILES string of the molecule is CCN1CCC(N(C)C(CN)c2ccco2)CC1. The molecule has 0 radical (unpaired) electrons. The van der Waals surface area contributed by atoms with Crippen molar-refractivity contribution >= 4 is 0 Å². The third-order valence-corrected chi connectivity index (χ3v) is 4.17. The molecule has 1 aromatic rings. The number of piperidine rings is 1. The van der Waals surface area contributed by atoms with Crippen LogP contribution in [0.4, 0.5) is 0 Å². The number of hydrogen-bond donors (Lipinski definition) is 1. The van der Waals surface area contributed by atoms with Crippen molar-refractivity contribution in [2.24, 2.45) is 5.73 Å². The first kappa shape index (κ1) is 13.6. The minimum atomic E-state index is 0.207. The molecular weight excluding hydrogens is 226 g/mol. The van der Waals surface area contributed by atoms with Gasteiger partial charge >= 0.3 is 0 Å². The first-order valence-corrected chi connectivity index (χ1v) is 6.94. The first-order chi connectivity index (χ1) is 8.76. The van der Waals surface area contributed by atoms with Crippen LogP contribution in [-0.4, -0.2) is 49.1 Å². The van der Waals surface area contributed by atoms with E-state index in [1.807, 2.05) is 12.1 Å². The molecule has 1 aromatic heterocycles. The zero-order valence-corrected chi connectivity index (χ0v) is 11.5. The van der Waals surface area contributed by atoms with E-state index in [9.17, 15) is 0 Å². The average Bonchev–Trinajstić information content (AvgIpc) is 2.93. The lowest BCUT2D eigenvalue weighted by Gasteiger charge is -2.39. The highest BCUT2D eigenvalue weighted by molar-refractivity contribution is 5.06. The van der Waals surface area contributed by atoms with Crippen LogP contribution in [0.3, 0.4) is 0 Å². The molecule has 18 heavy (non-hydrogen) atoms. The second-order valence-electron chi connectivity index (χ2n) is 5.10. The van der Waals surface area contributed by atoms with Crippen molar-refractivity contribution < 1.29 is 4.42 Å². The molecule has 4 nitrogen and oxygen atoms in total. The third-order valence-electron chi connectivity index (χ3n) is 4.17. The van der Waals surface area contributed by atoms with Crippen molar-refractivity contribution in [3.05, 3.63) is 24.2 Å². The topological polar surface area (TPSA) is 45.6 Å². The van der Waals surface area contributed by atoms with Crippen molar-refractivity contribution in [3.63, 3.8) is 0 Å². The monoisotopic (exact) mass is 251 g/mol. The van der Waals surface area contributed by atoms with Gasteiger partial charge in [-0.25, -0.2) is 0 Å². The maximum Gasteiger partial charge on any atom is 0.122 e. The van der Waals surface area contributed by atoms with E-state index in [-0.39, 0.29) is 6.04 Å². The quantitative estimate of drug-likeness (QED) is 0.865. The van der Waals surface area contributed by atoms with Crippen LogP contribution in [0.2, 0.25) is 0 Å². The summed E-state index contributed by atoms with van der Waals surface area (Å²) < 4.78 is 5.51. The Kier molecular flexibility index (Phi) is 4.80. The summed E-state index contributed by atoms with van der Waals surface area (Å²) in [6.45, 7) is 6.39. The summed E-state index contributed by atoms with van der Waals surface area (Å²) in [6.07, 6.45) is 4.18. The third kappa shape index (κ3) is 2.94. The van der Waals surface area contributed by atoms with Crippen LogP contribution < -0.4 is 5.73 Å². The molecule has 1 aliphatic heterocycles. The van der Waals surface area contributed by atoms with Gasteiger partial charge in [0.05, 0.1) is 12.3 Å². The Morgan fingerprint density at radius 1 is 1.50 bits per heavy atom. The maximum atomic E-state index is 5.91. The second-order valence-corrected chi connectivity index (χ2v) is 5.10. The van der Waals surface area contributed by atoms with Gasteiger partial charge in [-0.05, 0) is 51.7 Å². The van der Waals surface area contributed by atoms with Crippen molar-refractivity contribution in [3.8, 4) is 0 Å². The van der Waals surface area contributed by atoms with Gasteiger partial charge in [0, 0.05) is 12.6 Å². The summed E-state index contributed by atoms with van der Waals surface area (Å²) in [4.78, 5) is 4.90. The fraction of sp³-hybridized carbons (Fsp3) is 0.714. The van der Waals surface area contributed by atoms with Crippen LogP contribution in [0.25, 0.3) is 0 Å². The smallest absolute Gasteiger partial charge is 0.122 e. The van der Waals surface area contributed by atoms with E-state index in [2.05, 4.69) is 23.8 Å². The van der Waals surface area contributed by atoms with Crippen LogP contribution in [0.5, 0.6) is 0 Å². The number of likely N-dealkylation sites (tertiary alicyclic amines) is 1. The van der Waals surface area contributed by atoms with Gasteiger partial charge in [0.2, 0.25) is 0 Å². The van der Waals surface area contributed by atoms with Crippen LogP contribution in [0.15, 0.2) is 22.8 Å². The van der Waals surface area contributed by atoms with Gasteiger partial charge in [0.15, 0.2) is 0 Å². The van der Waals surface area contributed by atoms with Gasteiger partial charge < -0.3 is 15.1 Å². The van der Waals surface area contributed by atoms with E-state index in [0.29, 0.717) is 12.6 Å². The number of nitrogens with two attached hydrogens (primary N) is 1. The molecule has 1 aliphatic rings. The minimum Gasteiger partial charge on any atom is -0.468 e. The number of furan rings is 1. The fourth-order valence-electron chi connectivity index (χ4n) is 2.86. The molecule has 1 fully saturated rings. The molecular formula is C14H25N3O. The Labute approximate surface area is 110 Å². The van der Waals surface area contributed by atoms with E-state index < -0.39 is 0 Å². The molecule has 1 atom stereocenters. The molecule has 4 heteroatoms. The van der Waals surface area contributed by atoms with Crippen molar-refractivity contribution in [2.75, 3.05) is 33.2 Å². The summed E-state index contributed by atoms with van der Waals surface area (Å²) in [6, 6.07) is 4.78. The van der Waals surface area contributed by atoms with E-state index in [1.54, 1.807) is 6.26 Å². The number of likely N-dealkylation sites (N-methyl/N-ethyl adjacent to an activating group) is 1. The van der Waals surface area contributed by atoms with Crippen LogP contribution in [0.1, 0.15) is 31.6 Å². The Hall–Kier alpha value is -0.840. The molecule has 2 heterocycles. The van der Waals surface area contributed by atoms with Crippen molar-refractivity contribution in [1.82, 2.24) is 9.80 Å². The Balaban J connectivity index is 1.96. The standard InChI is InChI=1S/C14H25N3O/c1-3-17-8-6-12(7-9-17)16(2)13(11-15)14-5-4-10-18-14/h4-5,10,12-13H,3,6-9,11,15H2,1-2H3. The fourth-order valence-corrected chi connectivity index (χ4v) is 2.86. The molecule has 1 saturated heterocycles. The van der Waals surface area contributed by atoms with Gasteiger partial charge in [0.25, 0.3) is 0 Å². The molecule has 0 aromatic carbocycles. The summed E-state index contributed by atoms with van der Waals surface area (Å²) >= 11 is 0. The van der Waals surface area contributed by atoms with Gasteiger partial charge in [0.1, 0.15) is 5.76 Å². The summed E-state index contributed by atoms with van der Waals surface area (Å²) in [7, 11) is 2.17. The molecule has 2 N–H and O–H groups in total. The van der Waals surface area contributed by atoms with E-state index >= 15 is 0 Å². The number of nitrogens with zero attached hydrogens (tertiary/aromatic N) is 2. The average molecular weight is 251 g/mol. The summed E-state index contributed by atoms with van der Waals surface area (Å²) in [5.74, 6) is 0.984. The minimum absolute atomic E-state index is 0.207. The van der Waals surface area contributed by atoms with E-state index in [4.69, 9.17) is 10.2 Å². The van der Waals surface area contributed by atoms with Crippen molar-refractivity contribution in [1.29, 1.82) is 0 Å². The lowest BCUT2D eigenvalue weighted by molar-refractivity contribution is 0.0922. The lowest BCUT2D eigenvalue weighted by Crippen LogP contribution is -2.45. The van der Waals surface area contributed by atoms with Crippen LogP contribution in [-0.2, 0) is 0 Å². The molecule has 0 amide bonds. The molecule has 1 unspecified atom stereocenters. The van der Waals surface area contributed by atoms with E-state index in [0.717, 1.165) is 12.3 Å². The predicted octanol–water partition coefficient (Wildman–Crippen LogP) is 1.70. The van der Waals surface area contributed by atoms with E-state index in [1.165, 1.54) is 25.9 Å². The molecule has 0 spiro atoms. The summed E-state index contributed by atoms with van der Waals surface area (Å²) in [5.41, 5.74) is 5.91. The highest BCUT2D eigenvalue weighted by Gasteiger charge is 2.27. The van der Waals surface area contributed by atoms with Gasteiger partial charge in [-0.15, -0.1) is 0 Å². The molecule has 2 rings (SSSR count). The molecule has 0 saturated carbocycles. The first-order valence-electron chi connectivity index (χ1n) is 6.94. The van der Waals surface area contributed by atoms with Gasteiger partial charge in [-0.1, -0.05) is 6.92 Å². The lowest BCUT2D eigenvalue weighted by atomic mass is 10.0. The Morgan fingerprint density at radius 2 is 2.22 bits per heavy atom. The van der Waals surface area contributed by atoms with Crippen molar-refractivity contribution in [2.45, 2.75) is 31.8 Å². The molecule has 0 bridgehead atoms. The highest BCUT2D eigenvalue weighted by atomic mass is 16.3.